The minimum absolute atomic E-state index is 0.0115. The Morgan fingerprint density at radius 1 is 0.926 bits per heavy atom. The highest BCUT2D eigenvalue weighted by Crippen LogP contribution is 2.31. The second kappa shape index (κ2) is 6.86. The number of hydrogen-bond acceptors (Lipinski definition) is 3. The zero-order valence-corrected chi connectivity index (χ0v) is 15.3. The van der Waals surface area contributed by atoms with E-state index in [1.54, 1.807) is 36.4 Å². The molecular formula is C23H15ClO3. The Hall–Kier alpha value is -3.17. The van der Waals surface area contributed by atoms with E-state index in [0.717, 1.165) is 5.56 Å². The van der Waals surface area contributed by atoms with Crippen molar-refractivity contribution in [3.8, 4) is 11.3 Å². The minimum atomic E-state index is -0.345. The van der Waals surface area contributed by atoms with Gasteiger partial charge < -0.3 is 4.42 Å². The van der Waals surface area contributed by atoms with E-state index in [9.17, 15) is 9.59 Å². The molecule has 0 saturated heterocycles. The van der Waals surface area contributed by atoms with E-state index in [-0.39, 0.29) is 27.6 Å². The molecule has 0 bridgehead atoms. The molecule has 0 fully saturated rings. The van der Waals surface area contributed by atoms with Crippen LogP contribution in [0, 0.1) is 6.92 Å². The number of halogens is 1. The summed E-state index contributed by atoms with van der Waals surface area (Å²) >= 11 is 6.32. The number of carbonyl (C=O) groups excluding carboxylic acids is 1. The molecule has 0 amide bonds. The Morgan fingerprint density at radius 2 is 1.56 bits per heavy atom. The first-order chi connectivity index (χ1) is 13.1. The number of aryl methyl sites for hydroxylation is 1. The van der Waals surface area contributed by atoms with Gasteiger partial charge in [-0.25, -0.2) is 0 Å². The van der Waals surface area contributed by atoms with Crippen LogP contribution in [0.25, 0.3) is 22.3 Å². The molecule has 0 saturated carbocycles. The summed E-state index contributed by atoms with van der Waals surface area (Å²) in [5.74, 6) is 0.0644. The molecule has 4 rings (SSSR count). The zero-order chi connectivity index (χ0) is 19.0. The second-order valence-corrected chi connectivity index (χ2v) is 6.70. The van der Waals surface area contributed by atoms with Crippen LogP contribution in [-0.4, -0.2) is 5.78 Å². The summed E-state index contributed by atoms with van der Waals surface area (Å²) < 4.78 is 6.04. The van der Waals surface area contributed by atoms with E-state index >= 15 is 0 Å². The van der Waals surface area contributed by atoms with Crippen LogP contribution in [0.3, 0.4) is 0 Å². The number of rotatable bonds is 3. The molecule has 0 spiro atoms. The first-order valence-electron chi connectivity index (χ1n) is 8.48. The molecule has 0 radical (unpaired) electrons. The normalized spacial score (nSPS) is 10.9. The lowest BCUT2D eigenvalue weighted by molar-refractivity contribution is 0.103. The molecule has 0 N–H and O–H groups in total. The van der Waals surface area contributed by atoms with Gasteiger partial charge >= 0.3 is 0 Å². The number of benzene rings is 3. The highest BCUT2D eigenvalue weighted by Gasteiger charge is 2.21. The van der Waals surface area contributed by atoms with Gasteiger partial charge in [0.1, 0.15) is 10.6 Å². The highest BCUT2D eigenvalue weighted by molar-refractivity contribution is 6.33. The van der Waals surface area contributed by atoms with Crippen molar-refractivity contribution in [3.63, 3.8) is 0 Å². The van der Waals surface area contributed by atoms with Gasteiger partial charge in [-0.1, -0.05) is 72.3 Å². The maximum absolute atomic E-state index is 13.1. The third-order valence-corrected chi connectivity index (χ3v) is 4.74. The van der Waals surface area contributed by atoms with Crippen LogP contribution in [0.2, 0.25) is 5.02 Å². The summed E-state index contributed by atoms with van der Waals surface area (Å²) in [4.78, 5) is 25.9. The van der Waals surface area contributed by atoms with Crippen molar-refractivity contribution in [1.82, 2.24) is 0 Å². The molecule has 0 atom stereocenters. The number of carbonyl (C=O) groups is 1. The maximum atomic E-state index is 13.1. The quantitative estimate of drug-likeness (QED) is 0.435. The third-order valence-electron chi connectivity index (χ3n) is 4.40. The van der Waals surface area contributed by atoms with Crippen LogP contribution in [-0.2, 0) is 0 Å². The van der Waals surface area contributed by atoms with Crippen LogP contribution in [0.1, 0.15) is 21.5 Å². The first kappa shape index (κ1) is 17.3. The van der Waals surface area contributed by atoms with E-state index in [1.807, 2.05) is 43.3 Å². The lowest BCUT2D eigenvalue weighted by Crippen LogP contribution is -2.09. The molecule has 0 aliphatic heterocycles. The molecule has 27 heavy (non-hydrogen) atoms. The van der Waals surface area contributed by atoms with E-state index < -0.39 is 0 Å². The first-order valence-corrected chi connectivity index (χ1v) is 8.86. The summed E-state index contributed by atoms with van der Waals surface area (Å²) in [5.41, 5.74) is 2.26. The lowest BCUT2D eigenvalue weighted by atomic mass is 9.98. The lowest BCUT2D eigenvalue weighted by Gasteiger charge is -2.10. The smallest absolute Gasteiger partial charge is 0.211 e. The second-order valence-electron chi connectivity index (χ2n) is 6.32. The molecular weight excluding hydrogens is 360 g/mol. The van der Waals surface area contributed by atoms with Crippen LogP contribution < -0.4 is 5.43 Å². The van der Waals surface area contributed by atoms with Crippen LogP contribution in [0.5, 0.6) is 0 Å². The summed E-state index contributed by atoms with van der Waals surface area (Å²) in [5, 5.41) is 0.316. The van der Waals surface area contributed by atoms with Crippen molar-refractivity contribution in [2.24, 2.45) is 0 Å². The average molecular weight is 375 g/mol. The minimum Gasteiger partial charge on any atom is -0.453 e. The summed E-state index contributed by atoms with van der Waals surface area (Å²) in [6.07, 6.45) is 0. The highest BCUT2D eigenvalue weighted by atomic mass is 35.5. The van der Waals surface area contributed by atoms with Gasteiger partial charge in [0.05, 0.1) is 10.9 Å². The van der Waals surface area contributed by atoms with Crippen molar-refractivity contribution in [1.29, 1.82) is 0 Å². The molecule has 0 aliphatic rings. The molecule has 3 aromatic carbocycles. The largest absolute Gasteiger partial charge is 0.453 e. The predicted molar refractivity (Wildman–Crippen MR) is 108 cm³/mol. The monoisotopic (exact) mass is 374 g/mol. The van der Waals surface area contributed by atoms with E-state index in [1.165, 1.54) is 0 Å². The Labute approximate surface area is 160 Å². The Bertz CT molecular complexity index is 1210. The predicted octanol–water partition coefficient (Wildman–Crippen LogP) is 5.65. The average Bonchev–Trinajstić information content (AvgIpc) is 2.71. The van der Waals surface area contributed by atoms with Crippen molar-refractivity contribution in [2.75, 3.05) is 0 Å². The van der Waals surface area contributed by atoms with E-state index in [2.05, 4.69) is 0 Å². The molecule has 3 nitrogen and oxygen atoms in total. The fraction of sp³-hybridized carbons (Fsp3) is 0.0435. The molecule has 0 unspecified atom stereocenters. The summed E-state index contributed by atoms with van der Waals surface area (Å²) in [6.45, 7) is 1.83. The van der Waals surface area contributed by atoms with E-state index in [0.29, 0.717) is 22.1 Å². The van der Waals surface area contributed by atoms with Crippen LogP contribution >= 0.6 is 11.6 Å². The van der Waals surface area contributed by atoms with Gasteiger partial charge in [0.2, 0.25) is 5.43 Å². The summed E-state index contributed by atoms with van der Waals surface area (Å²) in [7, 11) is 0. The van der Waals surface area contributed by atoms with Crippen LogP contribution in [0.15, 0.2) is 82.0 Å². The topological polar surface area (TPSA) is 47.3 Å². The van der Waals surface area contributed by atoms with Crippen molar-refractivity contribution < 1.29 is 9.21 Å². The standard InChI is InChI=1S/C23H15ClO3/c1-14-12-17(20(25)15-8-4-2-5-9-15)23-18(13-14)21(26)19(24)22(27-23)16-10-6-3-7-11-16/h2-13H,1H3. The maximum Gasteiger partial charge on any atom is 0.211 e. The van der Waals surface area contributed by atoms with Crippen LogP contribution in [0.4, 0.5) is 0 Å². The number of hydrogen-bond donors (Lipinski definition) is 0. The zero-order valence-electron chi connectivity index (χ0n) is 14.5. The van der Waals surface area contributed by atoms with Gasteiger partial charge in [-0.05, 0) is 24.6 Å². The Morgan fingerprint density at radius 3 is 2.22 bits per heavy atom. The van der Waals surface area contributed by atoms with Gasteiger partial charge in [-0.2, -0.15) is 0 Å². The Kier molecular flexibility index (Phi) is 4.38. The molecule has 132 valence electrons. The fourth-order valence-electron chi connectivity index (χ4n) is 3.11. The molecule has 4 aromatic rings. The van der Waals surface area contributed by atoms with Gasteiger partial charge in [-0.3, -0.25) is 9.59 Å². The number of fused-ring (bicyclic) bond motifs is 1. The molecule has 4 heteroatoms. The van der Waals surface area contributed by atoms with Crippen molar-refractivity contribution in [3.05, 3.63) is 105 Å². The molecule has 1 aromatic heterocycles. The third kappa shape index (κ3) is 3.07. The van der Waals surface area contributed by atoms with Gasteiger partial charge in [0, 0.05) is 11.1 Å². The SMILES string of the molecule is Cc1cc(C(=O)c2ccccc2)c2oc(-c3ccccc3)c(Cl)c(=O)c2c1. The van der Waals surface area contributed by atoms with Gasteiger partial charge in [0.15, 0.2) is 11.5 Å². The summed E-state index contributed by atoms with van der Waals surface area (Å²) in [6, 6.07) is 21.5. The van der Waals surface area contributed by atoms with Crippen molar-refractivity contribution >= 4 is 28.4 Å². The molecule has 0 aliphatic carbocycles. The van der Waals surface area contributed by atoms with Crippen molar-refractivity contribution in [2.45, 2.75) is 6.92 Å². The Balaban J connectivity index is 2.04. The number of ketones is 1. The fourth-order valence-corrected chi connectivity index (χ4v) is 3.36. The van der Waals surface area contributed by atoms with E-state index in [4.69, 9.17) is 16.0 Å². The van der Waals surface area contributed by atoms with Gasteiger partial charge in [-0.15, -0.1) is 0 Å². The van der Waals surface area contributed by atoms with Gasteiger partial charge in [0.25, 0.3) is 0 Å². The molecule has 1 heterocycles.